The fraction of sp³-hybridized carbons (Fsp3) is 0.529. The van der Waals surface area contributed by atoms with Gasteiger partial charge in [-0.25, -0.2) is 9.18 Å². The van der Waals surface area contributed by atoms with E-state index in [4.69, 9.17) is 16.3 Å². The molecule has 1 N–H and O–H groups in total. The number of benzene rings is 1. The smallest absolute Gasteiger partial charge is 0.340 e. The van der Waals surface area contributed by atoms with E-state index in [0.29, 0.717) is 5.92 Å². The lowest BCUT2D eigenvalue weighted by molar-refractivity contribution is -0.130. The van der Waals surface area contributed by atoms with Crippen molar-refractivity contribution in [3.8, 4) is 0 Å². The molecule has 0 spiro atoms. The summed E-state index contributed by atoms with van der Waals surface area (Å²) in [5, 5.41) is 2.90. The van der Waals surface area contributed by atoms with Gasteiger partial charge in [-0.15, -0.1) is 0 Å². The average Bonchev–Trinajstić information content (AvgIpc) is 2.49. The summed E-state index contributed by atoms with van der Waals surface area (Å²) in [5.74, 6) is -1.18. The quantitative estimate of drug-likeness (QED) is 0.849. The van der Waals surface area contributed by atoms with Crippen LogP contribution < -0.4 is 5.32 Å². The van der Waals surface area contributed by atoms with Gasteiger partial charge in [0.25, 0.3) is 5.91 Å². The predicted molar refractivity (Wildman–Crippen MR) is 85.9 cm³/mol. The fourth-order valence-corrected chi connectivity index (χ4v) is 3.01. The van der Waals surface area contributed by atoms with Crippen LogP contribution in [0.25, 0.3) is 0 Å². The SMILES string of the molecule is C[C@@H](OC(=O)c1ccc(F)cc1Cl)C(=O)N[C@@H]1CCCC[C@@H]1C. The first-order chi connectivity index (χ1) is 10.9. The molecule has 0 bridgehead atoms. The van der Waals surface area contributed by atoms with Gasteiger partial charge in [-0.05, 0) is 43.9 Å². The highest BCUT2D eigenvalue weighted by atomic mass is 35.5. The van der Waals surface area contributed by atoms with Gasteiger partial charge in [0.2, 0.25) is 0 Å². The number of carbonyl (C=O) groups excluding carboxylic acids is 2. The molecule has 1 aromatic carbocycles. The Balaban J connectivity index is 1.93. The molecule has 23 heavy (non-hydrogen) atoms. The van der Waals surface area contributed by atoms with E-state index in [2.05, 4.69) is 12.2 Å². The van der Waals surface area contributed by atoms with Crippen LogP contribution in [0.15, 0.2) is 18.2 Å². The summed E-state index contributed by atoms with van der Waals surface area (Å²) < 4.78 is 18.1. The number of amides is 1. The van der Waals surface area contributed by atoms with Crippen LogP contribution in [0.5, 0.6) is 0 Å². The minimum absolute atomic E-state index is 0.0384. The monoisotopic (exact) mass is 341 g/mol. The Bertz CT molecular complexity index is 593. The molecule has 1 amide bonds. The Morgan fingerprint density at radius 1 is 1.35 bits per heavy atom. The Labute approximate surface area is 140 Å². The molecule has 1 aromatic rings. The fourth-order valence-electron chi connectivity index (χ4n) is 2.76. The molecule has 126 valence electrons. The van der Waals surface area contributed by atoms with Crippen molar-refractivity contribution in [2.45, 2.75) is 51.7 Å². The van der Waals surface area contributed by atoms with Crippen molar-refractivity contribution in [2.75, 3.05) is 0 Å². The summed E-state index contributed by atoms with van der Waals surface area (Å²) in [6.07, 6.45) is 3.37. The van der Waals surface area contributed by atoms with Crippen molar-refractivity contribution in [1.29, 1.82) is 0 Å². The van der Waals surface area contributed by atoms with E-state index >= 15 is 0 Å². The van der Waals surface area contributed by atoms with Gasteiger partial charge in [-0.1, -0.05) is 31.4 Å². The normalized spacial score (nSPS) is 22.3. The molecule has 2 rings (SSSR count). The van der Waals surface area contributed by atoms with E-state index in [-0.39, 0.29) is 22.5 Å². The zero-order valence-electron chi connectivity index (χ0n) is 13.3. The maximum atomic E-state index is 13.0. The number of halogens is 2. The van der Waals surface area contributed by atoms with Gasteiger partial charge in [0, 0.05) is 6.04 Å². The van der Waals surface area contributed by atoms with Gasteiger partial charge in [0.1, 0.15) is 5.82 Å². The third kappa shape index (κ3) is 4.67. The van der Waals surface area contributed by atoms with Gasteiger partial charge in [0.05, 0.1) is 10.6 Å². The highest BCUT2D eigenvalue weighted by molar-refractivity contribution is 6.33. The van der Waals surface area contributed by atoms with Crippen molar-refractivity contribution < 1.29 is 18.7 Å². The number of carbonyl (C=O) groups is 2. The first-order valence-corrected chi connectivity index (χ1v) is 8.22. The molecule has 0 aliphatic heterocycles. The predicted octanol–water partition coefficient (Wildman–Crippen LogP) is 3.72. The van der Waals surface area contributed by atoms with Gasteiger partial charge >= 0.3 is 5.97 Å². The van der Waals surface area contributed by atoms with Crippen molar-refractivity contribution in [3.63, 3.8) is 0 Å². The topological polar surface area (TPSA) is 55.4 Å². The maximum Gasteiger partial charge on any atom is 0.340 e. The minimum atomic E-state index is -0.933. The molecule has 1 saturated carbocycles. The molecule has 4 nitrogen and oxygen atoms in total. The number of hydrogen-bond acceptors (Lipinski definition) is 3. The largest absolute Gasteiger partial charge is 0.449 e. The third-order valence-electron chi connectivity index (χ3n) is 4.24. The summed E-state index contributed by atoms with van der Waals surface area (Å²) in [7, 11) is 0. The Kier molecular flexibility index (Phi) is 5.99. The van der Waals surface area contributed by atoms with E-state index in [9.17, 15) is 14.0 Å². The number of ether oxygens (including phenoxy) is 1. The van der Waals surface area contributed by atoms with E-state index in [0.717, 1.165) is 31.4 Å². The second kappa shape index (κ2) is 7.77. The van der Waals surface area contributed by atoms with Crippen LogP contribution in [-0.4, -0.2) is 24.0 Å². The summed E-state index contributed by atoms with van der Waals surface area (Å²) in [4.78, 5) is 24.2. The minimum Gasteiger partial charge on any atom is -0.449 e. The van der Waals surface area contributed by atoms with E-state index < -0.39 is 17.9 Å². The van der Waals surface area contributed by atoms with Crippen LogP contribution in [0, 0.1) is 11.7 Å². The Morgan fingerprint density at radius 2 is 2.04 bits per heavy atom. The molecule has 6 heteroatoms. The summed E-state index contributed by atoms with van der Waals surface area (Å²) in [6.45, 7) is 3.62. The van der Waals surface area contributed by atoms with Crippen LogP contribution in [0.1, 0.15) is 49.9 Å². The van der Waals surface area contributed by atoms with Crippen LogP contribution >= 0.6 is 11.6 Å². The third-order valence-corrected chi connectivity index (χ3v) is 4.56. The van der Waals surface area contributed by atoms with Gasteiger partial charge in [-0.3, -0.25) is 4.79 Å². The van der Waals surface area contributed by atoms with Gasteiger partial charge < -0.3 is 10.1 Å². The molecular formula is C17H21ClFNO3. The first-order valence-electron chi connectivity index (χ1n) is 7.85. The van der Waals surface area contributed by atoms with E-state index in [1.165, 1.54) is 19.4 Å². The van der Waals surface area contributed by atoms with E-state index in [1.54, 1.807) is 0 Å². The summed E-state index contributed by atoms with van der Waals surface area (Å²) >= 11 is 5.82. The number of rotatable bonds is 4. The summed E-state index contributed by atoms with van der Waals surface area (Å²) in [6, 6.07) is 3.52. The molecule has 1 aliphatic rings. The molecule has 0 aromatic heterocycles. The van der Waals surface area contributed by atoms with Crippen molar-refractivity contribution in [3.05, 3.63) is 34.6 Å². The molecule has 3 atom stereocenters. The highest BCUT2D eigenvalue weighted by Gasteiger charge is 2.27. The zero-order valence-corrected chi connectivity index (χ0v) is 14.0. The molecular weight excluding hydrogens is 321 g/mol. The standard InChI is InChI=1S/C17H21ClFNO3/c1-10-5-3-4-6-15(10)20-16(21)11(2)23-17(22)13-8-7-12(19)9-14(13)18/h7-11,15H,3-6H2,1-2H3,(H,20,21)/t10-,11+,15+/m0/s1. The lowest BCUT2D eigenvalue weighted by atomic mass is 9.86. The second-order valence-electron chi connectivity index (χ2n) is 6.05. The number of hydrogen-bond donors (Lipinski definition) is 1. The maximum absolute atomic E-state index is 13.0. The number of nitrogens with one attached hydrogen (secondary N) is 1. The molecule has 0 unspecified atom stereocenters. The van der Waals surface area contributed by atoms with Crippen LogP contribution in [0.3, 0.4) is 0 Å². The molecule has 1 fully saturated rings. The highest BCUT2D eigenvalue weighted by Crippen LogP contribution is 2.24. The Morgan fingerprint density at radius 3 is 2.70 bits per heavy atom. The zero-order chi connectivity index (χ0) is 17.0. The average molecular weight is 342 g/mol. The van der Waals surface area contributed by atoms with Crippen LogP contribution in [0.4, 0.5) is 4.39 Å². The van der Waals surface area contributed by atoms with Gasteiger partial charge in [0.15, 0.2) is 6.10 Å². The van der Waals surface area contributed by atoms with Crippen molar-refractivity contribution in [1.82, 2.24) is 5.32 Å². The molecule has 0 radical (unpaired) electrons. The first kappa shape index (κ1) is 17.7. The van der Waals surface area contributed by atoms with Crippen LogP contribution in [0.2, 0.25) is 5.02 Å². The second-order valence-corrected chi connectivity index (χ2v) is 6.46. The molecule has 1 aliphatic carbocycles. The van der Waals surface area contributed by atoms with E-state index in [1.807, 2.05) is 0 Å². The van der Waals surface area contributed by atoms with Crippen molar-refractivity contribution >= 4 is 23.5 Å². The van der Waals surface area contributed by atoms with Crippen molar-refractivity contribution in [2.24, 2.45) is 5.92 Å². The lowest BCUT2D eigenvalue weighted by Gasteiger charge is -2.30. The summed E-state index contributed by atoms with van der Waals surface area (Å²) in [5.41, 5.74) is 0.0405. The molecule has 0 heterocycles. The lowest BCUT2D eigenvalue weighted by Crippen LogP contribution is -2.46. The molecule has 0 saturated heterocycles. The Hall–Kier alpha value is -1.62. The van der Waals surface area contributed by atoms with Gasteiger partial charge in [-0.2, -0.15) is 0 Å². The number of esters is 1. The van der Waals surface area contributed by atoms with Crippen LogP contribution in [-0.2, 0) is 9.53 Å².